The van der Waals surface area contributed by atoms with Gasteiger partial charge in [-0.2, -0.15) is 4.99 Å². The smallest absolute Gasteiger partial charge is 0.207 e. The van der Waals surface area contributed by atoms with Crippen LogP contribution in [0.1, 0.15) is 0 Å². The van der Waals surface area contributed by atoms with Crippen LogP contribution in [0.15, 0.2) is 4.99 Å². The molecule has 0 aromatic heterocycles. The van der Waals surface area contributed by atoms with Crippen LogP contribution >= 0.6 is 35.6 Å². The Morgan fingerprint density at radius 2 is 2.00 bits per heavy atom. The van der Waals surface area contributed by atoms with Gasteiger partial charge in [-0.15, -0.1) is 12.4 Å². The molecule has 1 N–H and O–H groups in total. The van der Waals surface area contributed by atoms with Crippen molar-refractivity contribution in [1.29, 1.82) is 5.41 Å². The second-order valence-electron chi connectivity index (χ2n) is 0.519. The van der Waals surface area contributed by atoms with E-state index in [1.807, 2.05) is 0 Å². The lowest BCUT2D eigenvalue weighted by atomic mass is 11.3. The van der Waals surface area contributed by atoms with Crippen LogP contribution in [0.3, 0.4) is 0 Å². The molecule has 42 valence electrons. The van der Waals surface area contributed by atoms with E-state index in [-0.39, 0.29) is 12.4 Å². The van der Waals surface area contributed by atoms with E-state index >= 15 is 0 Å². The number of halogens is 3. The highest BCUT2D eigenvalue weighted by molar-refractivity contribution is 6.44. The molecule has 7 heavy (non-hydrogen) atoms. The quantitative estimate of drug-likeness (QED) is 0.347. The summed E-state index contributed by atoms with van der Waals surface area (Å²) in [6, 6.07) is 1.68. The van der Waals surface area contributed by atoms with Crippen LogP contribution in [0.5, 0.6) is 0 Å². The Bertz CT molecular complexity index is 75.0. The molecule has 0 aliphatic heterocycles. The summed E-state index contributed by atoms with van der Waals surface area (Å²) < 4.78 is 0. The van der Waals surface area contributed by atoms with Crippen molar-refractivity contribution in [2.75, 3.05) is 0 Å². The Morgan fingerprint density at radius 1 is 1.57 bits per heavy atom. The average Bonchev–Trinajstić information content (AvgIpc) is 1.35. The van der Waals surface area contributed by atoms with Gasteiger partial charge in [0.15, 0.2) is 0 Å². The molecule has 0 saturated heterocycles. The first-order chi connectivity index (χ1) is 2.77. The van der Waals surface area contributed by atoms with Crippen molar-refractivity contribution in [2.45, 2.75) is 4.96 Å². The van der Waals surface area contributed by atoms with Crippen LogP contribution in [0.4, 0.5) is 0 Å². The minimum atomic E-state index is -0.831. The molecule has 0 radical (unpaired) electrons. The van der Waals surface area contributed by atoms with Gasteiger partial charge in [0.25, 0.3) is 0 Å². The number of rotatable bonds is 1. The predicted molar refractivity (Wildman–Crippen MR) is 32.9 cm³/mol. The van der Waals surface area contributed by atoms with Crippen molar-refractivity contribution in [1.82, 2.24) is 0 Å². The molecule has 0 aromatic carbocycles. The van der Waals surface area contributed by atoms with E-state index in [2.05, 4.69) is 4.99 Å². The van der Waals surface area contributed by atoms with Crippen LogP contribution in [-0.2, 0) is 0 Å². The molecule has 0 aliphatic rings. The summed E-state index contributed by atoms with van der Waals surface area (Å²) in [5.41, 5.74) is 0. The van der Waals surface area contributed by atoms with Crippen molar-refractivity contribution >= 4 is 41.6 Å². The second kappa shape index (κ2) is 6.25. The topological polar surface area (TPSA) is 36.2 Å². The largest absolute Gasteiger partial charge is 0.241 e. The van der Waals surface area contributed by atoms with Crippen molar-refractivity contribution in [2.24, 2.45) is 4.99 Å². The monoisotopic (exact) mass is 160 g/mol. The second-order valence-corrected chi connectivity index (χ2v) is 1.57. The van der Waals surface area contributed by atoms with Gasteiger partial charge in [-0.1, -0.05) is 23.2 Å². The van der Waals surface area contributed by atoms with E-state index in [0.717, 1.165) is 0 Å². The molecule has 0 aromatic rings. The fraction of sp³-hybridized carbons (Fsp3) is 0.500. The Labute approximate surface area is 57.4 Å². The number of hydrogen-bond donors (Lipinski definition) is 1. The van der Waals surface area contributed by atoms with Crippen LogP contribution in [0.25, 0.3) is 0 Å². The molecule has 0 fully saturated rings. The fourth-order valence-electron chi connectivity index (χ4n) is 0.0488. The molecular formula is C2H3Cl3N2. The van der Waals surface area contributed by atoms with Crippen LogP contribution in [0.2, 0.25) is 0 Å². The SMILES string of the molecule is Cl.N=C=NC(Cl)Cl. The zero-order valence-electron chi connectivity index (χ0n) is 3.19. The average molecular weight is 161 g/mol. The molecule has 0 amide bonds. The lowest BCUT2D eigenvalue weighted by Gasteiger charge is -1.77. The van der Waals surface area contributed by atoms with Gasteiger partial charge in [-0.3, -0.25) is 0 Å². The summed E-state index contributed by atoms with van der Waals surface area (Å²) >= 11 is 9.99. The van der Waals surface area contributed by atoms with Crippen LogP contribution < -0.4 is 0 Å². The minimum absolute atomic E-state index is 0. The molecule has 0 rings (SSSR count). The lowest BCUT2D eigenvalue weighted by Crippen LogP contribution is -1.72. The molecule has 0 unspecified atom stereocenters. The van der Waals surface area contributed by atoms with Crippen LogP contribution in [-0.4, -0.2) is 11.0 Å². The number of hydrogen-bond acceptors (Lipinski definition) is 2. The van der Waals surface area contributed by atoms with Gasteiger partial charge in [-0.25, -0.2) is 5.41 Å². The number of nitrogens with one attached hydrogen (secondary N) is 1. The zero-order chi connectivity index (χ0) is 4.99. The van der Waals surface area contributed by atoms with Gasteiger partial charge in [-0.05, 0) is 0 Å². The first-order valence-corrected chi connectivity index (χ1v) is 2.04. The van der Waals surface area contributed by atoms with E-state index in [4.69, 9.17) is 28.6 Å². The van der Waals surface area contributed by atoms with Crippen molar-refractivity contribution < 1.29 is 0 Å². The Balaban J connectivity index is 0. The predicted octanol–water partition coefficient (Wildman–Crippen LogP) is 1.92. The summed E-state index contributed by atoms with van der Waals surface area (Å²) in [7, 11) is 0. The van der Waals surface area contributed by atoms with Gasteiger partial charge >= 0.3 is 0 Å². The Kier molecular flexibility index (Phi) is 9.17. The zero-order valence-corrected chi connectivity index (χ0v) is 5.52. The number of aliphatic imine (C=N–C) groups is 1. The molecule has 0 aliphatic carbocycles. The third kappa shape index (κ3) is 10.7. The first kappa shape index (κ1) is 10.3. The van der Waals surface area contributed by atoms with Crippen molar-refractivity contribution in [3.8, 4) is 0 Å². The lowest BCUT2D eigenvalue weighted by molar-refractivity contribution is 1.27. The molecule has 5 heteroatoms. The molecule has 0 spiro atoms. The normalized spacial score (nSPS) is 6.71. The minimum Gasteiger partial charge on any atom is -0.241 e. The van der Waals surface area contributed by atoms with Gasteiger partial charge in [0.1, 0.15) is 0 Å². The van der Waals surface area contributed by atoms with Crippen LogP contribution in [0, 0.1) is 5.41 Å². The fourth-order valence-corrected chi connectivity index (χ4v) is 0.146. The van der Waals surface area contributed by atoms with Crippen molar-refractivity contribution in [3.05, 3.63) is 0 Å². The summed E-state index contributed by atoms with van der Waals surface area (Å²) in [6.45, 7) is 0. The maximum Gasteiger partial charge on any atom is 0.207 e. The Morgan fingerprint density at radius 3 is 2.00 bits per heavy atom. The maximum atomic E-state index is 6.15. The molecule has 0 heterocycles. The highest BCUT2D eigenvalue weighted by atomic mass is 35.5. The van der Waals surface area contributed by atoms with E-state index in [0.29, 0.717) is 0 Å². The molecule has 0 saturated carbocycles. The first-order valence-electron chi connectivity index (χ1n) is 1.17. The van der Waals surface area contributed by atoms with E-state index in [9.17, 15) is 0 Å². The maximum absolute atomic E-state index is 6.15. The Hall–Kier alpha value is 0.250. The molecule has 0 atom stereocenters. The van der Waals surface area contributed by atoms with Gasteiger partial charge in [0.2, 0.25) is 4.96 Å². The summed E-state index contributed by atoms with van der Waals surface area (Å²) in [5, 5.41) is 6.15. The molecule has 2 nitrogen and oxygen atoms in total. The molecular weight excluding hydrogens is 158 g/mol. The number of nitrogens with zero attached hydrogens (tertiary/aromatic N) is 1. The third-order valence-electron chi connectivity index (χ3n) is 0.162. The summed E-state index contributed by atoms with van der Waals surface area (Å²) in [6.07, 6.45) is 0. The van der Waals surface area contributed by atoms with Gasteiger partial charge in [0, 0.05) is 0 Å². The number of alkyl halides is 2. The van der Waals surface area contributed by atoms with Gasteiger partial charge < -0.3 is 0 Å². The van der Waals surface area contributed by atoms with E-state index < -0.39 is 4.96 Å². The van der Waals surface area contributed by atoms with Crippen molar-refractivity contribution in [3.63, 3.8) is 0 Å². The standard InChI is InChI=1S/C2H2Cl2N2.ClH/c3-2(4)6-1-5;/h2,5H;1H. The summed E-state index contributed by atoms with van der Waals surface area (Å²) in [4.78, 5) is 2.24. The highest BCUT2D eigenvalue weighted by Crippen LogP contribution is 1.99. The van der Waals surface area contributed by atoms with Gasteiger partial charge in [0.05, 0.1) is 6.01 Å². The highest BCUT2D eigenvalue weighted by Gasteiger charge is 1.84. The van der Waals surface area contributed by atoms with E-state index in [1.54, 1.807) is 6.01 Å². The van der Waals surface area contributed by atoms with E-state index in [1.165, 1.54) is 0 Å². The third-order valence-corrected chi connectivity index (χ3v) is 0.357. The molecule has 0 bridgehead atoms. The summed E-state index contributed by atoms with van der Waals surface area (Å²) in [5.74, 6) is 0.